The molecule has 88 valence electrons. The minimum absolute atomic E-state index is 0.293. The summed E-state index contributed by atoms with van der Waals surface area (Å²) in [6.07, 6.45) is 0. The van der Waals surface area contributed by atoms with E-state index in [0.29, 0.717) is 0 Å². The summed E-state index contributed by atoms with van der Waals surface area (Å²) < 4.78 is 0. The highest BCUT2D eigenvalue weighted by molar-refractivity contribution is 5.67. The summed E-state index contributed by atoms with van der Waals surface area (Å²) in [4.78, 5) is 0. The molecule has 0 aliphatic heterocycles. The number of nitrogens with two attached hydrogens (primary N) is 1. The van der Waals surface area contributed by atoms with Gasteiger partial charge in [-0.05, 0) is 49.1 Å². The zero-order valence-corrected chi connectivity index (χ0v) is 10.7. The molecule has 0 saturated carbocycles. The van der Waals surface area contributed by atoms with E-state index in [1.807, 2.05) is 13.8 Å². The van der Waals surface area contributed by atoms with E-state index in [-0.39, 0.29) is 5.54 Å². The van der Waals surface area contributed by atoms with Gasteiger partial charge in [0.1, 0.15) is 0 Å². The number of aryl methyl sites for hydroxylation is 1. The van der Waals surface area contributed by atoms with Gasteiger partial charge >= 0.3 is 0 Å². The largest absolute Gasteiger partial charge is 0.322 e. The molecule has 0 saturated heterocycles. The van der Waals surface area contributed by atoms with Crippen molar-refractivity contribution in [2.24, 2.45) is 5.73 Å². The molecule has 0 heterocycles. The van der Waals surface area contributed by atoms with Gasteiger partial charge in [-0.25, -0.2) is 0 Å². The second-order valence-electron chi connectivity index (χ2n) is 5.12. The summed E-state index contributed by atoms with van der Waals surface area (Å²) in [6, 6.07) is 16.9. The van der Waals surface area contributed by atoms with Crippen molar-refractivity contribution in [1.82, 2.24) is 0 Å². The molecule has 2 rings (SSSR count). The van der Waals surface area contributed by atoms with Crippen molar-refractivity contribution in [2.45, 2.75) is 26.3 Å². The average Bonchev–Trinajstić information content (AvgIpc) is 2.29. The first-order valence-corrected chi connectivity index (χ1v) is 5.94. The van der Waals surface area contributed by atoms with Crippen molar-refractivity contribution in [2.75, 3.05) is 0 Å². The van der Waals surface area contributed by atoms with Crippen LogP contribution in [0, 0.1) is 6.92 Å². The van der Waals surface area contributed by atoms with E-state index in [0.717, 1.165) is 0 Å². The molecule has 2 aromatic rings. The van der Waals surface area contributed by atoms with Crippen LogP contribution in [0.15, 0.2) is 48.5 Å². The Kier molecular flexibility index (Phi) is 3.03. The molecule has 0 amide bonds. The Labute approximate surface area is 103 Å². The van der Waals surface area contributed by atoms with Crippen LogP contribution in [0.25, 0.3) is 11.1 Å². The van der Waals surface area contributed by atoms with Gasteiger partial charge in [0.05, 0.1) is 0 Å². The lowest BCUT2D eigenvalue weighted by molar-refractivity contribution is 0.554. The molecule has 0 radical (unpaired) electrons. The zero-order valence-electron chi connectivity index (χ0n) is 10.7. The summed E-state index contributed by atoms with van der Waals surface area (Å²) in [7, 11) is 0. The van der Waals surface area contributed by atoms with E-state index in [2.05, 4.69) is 55.5 Å². The molecular weight excluding hydrogens is 206 g/mol. The minimum Gasteiger partial charge on any atom is -0.322 e. The fourth-order valence-corrected chi connectivity index (χ4v) is 1.98. The molecule has 2 N–H and O–H groups in total. The molecule has 0 aliphatic carbocycles. The van der Waals surface area contributed by atoms with Crippen molar-refractivity contribution < 1.29 is 0 Å². The molecule has 1 nitrogen and oxygen atoms in total. The Morgan fingerprint density at radius 3 is 2.29 bits per heavy atom. The standard InChI is InChI=1S/C16H19N/c1-12-7-4-5-10-15(12)13-8-6-9-14(11-13)16(2,3)17/h4-11H,17H2,1-3H3. The maximum atomic E-state index is 6.14. The first-order valence-electron chi connectivity index (χ1n) is 5.94. The molecule has 0 bridgehead atoms. The molecule has 1 heteroatoms. The molecule has 17 heavy (non-hydrogen) atoms. The van der Waals surface area contributed by atoms with Crippen LogP contribution in [-0.4, -0.2) is 0 Å². The summed E-state index contributed by atoms with van der Waals surface area (Å²) in [5.74, 6) is 0. The molecular formula is C16H19N. The molecule has 0 unspecified atom stereocenters. The molecule has 0 aromatic heterocycles. The van der Waals surface area contributed by atoms with Crippen molar-refractivity contribution in [3.8, 4) is 11.1 Å². The molecule has 2 aromatic carbocycles. The third kappa shape index (κ3) is 2.56. The van der Waals surface area contributed by atoms with Gasteiger partial charge in [0.2, 0.25) is 0 Å². The van der Waals surface area contributed by atoms with Crippen LogP contribution in [0.2, 0.25) is 0 Å². The smallest absolute Gasteiger partial charge is 0.0352 e. The lowest BCUT2D eigenvalue weighted by Crippen LogP contribution is -2.28. The lowest BCUT2D eigenvalue weighted by atomic mass is 9.91. The van der Waals surface area contributed by atoms with E-state index in [9.17, 15) is 0 Å². The maximum absolute atomic E-state index is 6.14. The van der Waals surface area contributed by atoms with Gasteiger partial charge in [0.25, 0.3) is 0 Å². The number of rotatable bonds is 2. The van der Waals surface area contributed by atoms with Gasteiger partial charge in [-0.3, -0.25) is 0 Å². The lowest BCUT2D eigenvalue weighted by Gasteiger charge is -2.20. The minimum atomic E-state index is -0.293. The van der Waals surface area contributed by atoms with Gasteiger partial charge in [0.15, 0.2) is 0 Å². The van der Waals surface area contributed by atoms with Crippen molar-refractivity contribution in [1.29, 1.82) is 0 Å². The van der Waals surface area contributed by atoms with E-state index in [1.165, 1.54) is 22.3 Å². The highest BCUT2D eigenvalue weighted by Gasteiger charge is 2.14. The van der Waals surface area contributed by atoms with Gasteiger partial charge in [-0.15, -0.1) is 0 Å². The summed E-state index contributed by atoms with van der Waals surface area (Å²) in [6.45, 7) is 6.20. The quantitative estimate of drug-likeness (QED) is 0.825. The summed E-state index contributed by atoms with van der Waals surface area (Å²) in [5, 5.41) is 0. The van der Waals surface area contributed by atoms with Crippen molar-refractivity contribution in [3.05, 3.63) is 59.7 Å². The third-order valence-electron chi connectivity index (χ3n) is 3.06. The second kappa shape index (κ2) is 4.34. The van der Waals surface area contributed by atoms with Gasteiger partial charge in [-0.2, -0.15) is 0 Å². The van der Waals surface area contributed by atoms with Crippen LogP contribution in [0.3, 0.4) is 0 Å². The van der Waals surface area contributed by atoms with Gasteiger partial charge < -0.3 is 5.73 Å². The predicted octanol–water partition coefficient (Wildman–Crippen LogP) is 3.86. The van der Waals surface area contributed by atoms with Crippen LogP contribution in [0.5, 0.6) is 0 Å². The van der Waals surface area contributed by atoms with Crippen LogP contribution < -0.4 is 5.73 Å². The zero-order chi connectivity index (χ0) is 12.5. The van der Waals surface area contributed by atoms with Crippen LogP contribution >= 0.6 is 0 Å². The first-order chi connectivity index (χ1) is 7.98. The SMILES string of the molecule is Cc1ccccc1-c1cccc(C(C)(C)N)c1. The fourth-order valence-electron chi connectivity index (χ4n) is 1.98. The number of hydrogen-bond acceptors (Lipinski definition) is 1. The Bertz CT molecular complexity index is 521. The highest BCUT2D eigenvalue weighted by Crippen LogP contribution is 2.26. The number of benzene rings is 2. The molecule has 0 spiro atoms. The molecule has 0 atom stereocenters. The summed E-state index contributed by atoms with van der Waals surface area (Å²) >= 11 is 0. The Hall–Kier alpha value is -1.60. The number of hydrogen-bond donors (Lipinski definition) is 1. The Morgan fingerprint density at radius 1 is 0.941 bits per heavy atom. The van der Waals surface area contributed by atoms with E-state index in [1.54, 1.807) is 0 Å². The second-order valence-corrected chi connectivity index (χ2v) is 5.12. The predicted molar refractivity (Wildman–Crippen MR) is 73.8 cm³/mol. The van der Waals surface area contributed by atoms with Gasteiger partial charge in [-0.1, -0.05) is 42.5 Å². The normalized spacial score (nSPS) is 11.5. The highest BCUT2D eigenvalue weighted by atomic mass is 14.7. The first kappa shape index (κ1) is 11.9. The average molecular weight is 225 g/mol. The van der Waals surface area contributed by atoms with Crippen LogP contribution in [0.4, 0.5) is 0 Å². The molecule has 0 aliphatic rings. The monoisotopic (exact) mass is 225 g/mol. The van der Waals surface area contributed by atoms with E-state index < -0.39 is 0 Å². The molecule has 0 fully saturated rings. The van der Waals surface area contributed by atoms with E-state index >= 15 is 0 Å². The maximum Gasteiger partial charge on any atom is 0.0352 e. The van der Waals surface area contributed by atoms with Crippen molar-refractivity contribution >= 4 is 0 Å². The topological polar surface area (TPSA) is 26.0 Å². The van der Waals surface area contributed by atoms with Crippen molar-refractivity contribution in [3.63, 3.8) is 0 Å². The third-order valence-corrected chi connectivity index (χ3v) is 3.06. The van der Waals surface area contributed by atoms with E-state index in [4.69, 9.17) is 5.73 Å². The summed E-state index contributed by atoms with van der Waals surface area (Å²) in [5.41, 5.74) is 10.8. The Balaban J connectivity index is 2.51. The van der Waals surface area contributed by atoms with Crippen LogP contribution in [0.1, 0.15) is 25.0 Å². The van der Waals surface area contributed by atoms with Gasteiger partial charge in [0, 0.05) is 5.54 Å². The Morgan fingerprint density at radius 2 is 1.65 bits per heavy atom. The van der Waals surface area contributed by atoms with Crippen LogP contribution in [-0.2, 0) is 5.54 Å². The fraction of sp³-hybridized carbons (Fsp3) is 0.250.